The average molecular weight is 236 g/mol. The fourth-order valence-electron chi connectivity index (χ4n) is 2.25. The van der Waals surface area contributed by atoms with E-state index in [1.54, 1.807) is 6.20 Å². The van der Waals surface area contributed by atoms with E-state index in [9.17, 15) is 4.79 Å². The van der Waals surface area contributed by atoms with Gasteiger partial charge in [0.15, 0.2) is 0 Å². The van der Waals surface area contributed by atoms with E-state index < -0.39 is 0 Å². The average Bonchev–Trinajstić information content (AvgIpc) is 2.88. The summed E-state index contributed by atoms with van der Waals surface area (Å²) in [5.41, 5.74) is 0. The molecule has 5 heteroatoms. The number of rotatable bonds is 4. The Bertz CT molecular complexity index is 363. The van der Waals surface area contributed by atoms with Crippen molar-refractivity contribution in [3.63, 3.8) is 0 Å². The summed E-state index contributed by atoms with van der Waals surface area (Å²) in [6.45, 7) is 6.56. The standard InChI is InChI=1S/C12H20N4O/c1-9-6-13-7-11(9)12(17)15-10(2)8-16-5-3-4-14-16/h3-5,9-11,13H,6-8H2,1-2H3,(H,15,17)/t9-,10?,11-/m1/s1. The smallest absolute Gasteiger partial charge is 0.224 e. The Labute approximate surface area is 102 Å². The molecule has 2 N–H and O–H groups in total. The van der Waals surface area contributed by atoms with Crippen LogP contribution in [-0.4, -0.2) is 34.8 Å². The van der Waals surface area contributed by atoms with Gasteiger partial charge in [-0.1, -0.05) is 6.92 Å². The molecule has 1 saturated heterocycles. The lowest BCUT2D eigenvalue weighted by atomic mass is 9.97. The summed E-state index contributed by atoms with van der Waals surface area (Å²) in [6, 6.07) is 1.99. The predicted octanol–water partition coefficient (Wildman–Crippen LogP) is 0.243. The lowest BCUT2D eigenvalue weighted by molar-refractivity contribution is -0.126. The number of hydrogen-bond donors (Lipinski definition) is 2. The third kappa shape index (κ3) is 3.06. The molecule has 2 rings (SSSR count). The second kappa shape index (κ2) is 5.31. The van der Waals surface area contributed by atoms with Crippen molar-refractivity contribution in [2.75, 3.05) is 13.1 Å². The Hall–Kier alpha value is -1.36. The fourth-order valence-corrected chi connectivity index (χ4v) is 2.25. The van der Waals surface area contributed by atoms with Gasteiger partial charge in [-0.05, 0) is 25.5 Å². The number of amides is 1. The van der Waals surface area contributed by atoms with Gasteiger partial charge in [-0.15, -0.1) is 0 Å². The topological polar surface area (TPSA) is 59.0 Å². The summed E-state index contributed by atoms with van der Waals surface area (Å²) in [4.78, 5) is 12.0. The van der Waals surface area contributed by atoms with Crippen LogP contribution in [0.5, 0.6) is 0 Å². The first-order valence-corrected chi connectivity index (χ1v) is 6.15. The predicted molar refractivity (Wildman–Crippen MR) is 65.4 cm³/mol. The van der Waals surface area contributed by atoms with E-state index in [0.29, 0.717) is 12.5 Å². The van der Waals surface area contributed by atoms with E-state index in [1.807, 2.05) is 23.9 Å². The summed E-state index contributed by atoms with van der Waals surface area (Å²) >= 11 is 0. The molecular weight excluding hydrogens is 216 g/mol. The summed E-state index contributed by atoms with van der Waals surface area (Å²) < 4.78 is 1.83. The molecule has 0 saturated carbocycles. The highest BCUT2D eigenvalue weighted by Crippen LogP contribution is 2.15. The maximum absolute atomic E-state index is 12.0. The van der Waals surface area contributed by atoms with Crippen molar-refractivity contribution in [1.29, 1.82) is 0 Å². The maximum atomic E-state index is 12.0. The Balaban J connectivity index is 1.82. The van der Waals surface area contributed by atoms with Gasteiger partial charge in [0.2, 0.25) is 5.91 Å². The van der Waals surface area contributed by atoms with Crippen molar-refractivity contribution >= 4 is 5.91 Å². The highest BCUT2D eigenvalue weighted by molar-refractivity contribution is 5.79. The van der Waals surface area contributed by atoms with Crippen LogP contribution >= 0.6 is 0 Å². The lowest BCUT2D eigenvalue weighted by Crippen LogP contribution is -2.41. The molecule has 1 fully saturated rings. The number of carbonyl (C=O) groups is 1. The zero-order chi connectivity index (χ0) is 12.3. The Morgan fingerprint density at radius 1 is 1.65 bits per heavy atom. The first kappa shape index (κ1) is 12.1. The van der Waals surface area contributed by atoms with Crippen LogP contribution in [0.25, 0.3) is 0 Å². The van der Waals surface area contributed by atoms with Crippen LogP contribution in [0.2, 0.25) is 0 Å². The molecule has 5 nitrogen and oxygen atoms in total. The molecule has 1 aliphatic rings. The van der Waals surface area contributed by atoms with Gasteiger partial charge < -0.3 is 10.6 Å². The minimum absolute atomic E-state index is 0.107. The zero-order valence-electron chi connectivity index (χ0n) is 10.4. The van der Waals surface area contributed by atoms with Gasteiger partial charge in [-0.2, -0.15) is 5.10 Å². The largest absolute Gasteiger partial charge is 0.351 e. The molecule has 0 radical (unpaired) electrons. The molecular formula is C12H20N4O. The first-order valence-electron chi connectivity index (χ1n) is 6.15. The number of carbonyl (C=O) groups excluding carboxylic acids is 1. The number of nitrogens with zero attached hydrogens (tertiary/aromatic N) is 2. The molecule has 1 unspecified atom stereocenters. The third-order valence-corrected chi connectivity index (χ3v) is 3.26. The van der Waals surface area contributed by atoms with Crippen molar-refractivity contribution in [3.05, 3.63) is 18.5 Å². The van der Waals surface area contributed by atoms with Crippen molar-refractivity contribution < 1.29 is 4.79 Å². The number of nitrogens with one attached hydrogen (secondary N) is 2. The minimum atomic E-state index is 0.107. The first-order chi connectivity index (χ1) is 8.16. The molecule has 94 valence electrons. The molecule has 3 atom stereocenters. The molecule has 0 spiro atoms. The second-order valence-electron chi connectivity index (χ2n) is 4.88. The molecule has 0 bridgehead atoms. The summed E-state index contributed by atoms with van der Waals surface area (Å²) in [6.07, 6.45) is 3.65. The molecule has 1 aromatic heterocycles. The van der Waals surface area contributed by atoms with Crippen molar-refractivity contribution in [2.24, 2.45) is 11.8 Å². The molecule has 17 heavy (non-hydrogen) atoms. The van der Waals surface area contributed by atoms with Crippen molar-refractivity contribution in [3.8, 4) is 0 Å². The molecule has 1 aliphatic heterocycles. The molecule has 0 aromatic carbocycles. The van der Waals surface area contributed by atoms with Crippen molar-refractivity contribution in [2.45, 2.75) is 26.4 Å². The van der Waals surface area contributed by atoms with Crippen LogP contribution in [0.3, 0.4) is 0 Å². The quantitative estimate of drug-likeness (QED) is 0.787. The van der Waals surface area contributed by atoms with Gasteiger partial charge in [0.25, 0.3) is 0 Å². The fraction of sp³-hybridized carbons (Fsp3) is 0.667. The van der Waals surface area contributed by atoms with Gasteiger partial charge in [-0.3, -0.25) is 9.48 Å². The zero-order valence-corrected chi connectivity index (χ0v) is 10.4. The summed E-state index contributed by atoms with van der Waals surface area (Å²) in [5.74, 6) is 0.684. The normalized spacial score (nSPS) is 25.8. The number of aromatic nitrogens is 2. The van der Waals surface area contributed by atoms with Gasteiger partial charge in [-0.25, -0.2) is 0 Å². The molecule has 0 aliphatic carbocycles. The highest BCUT2D eigenvalue weighted by Gasteiger charge is 2.29. The van der Waals surface area contributed by atoms with Crippen LogP contribution in [0, 0.1) is 11.8 Å². The summed E-state index contributed by atoms with van der Waals surface area (Å²) in [5, 5.41) is 10.4. The van der Waals surface area contributed by atoms with E-state index >= 15 is 0 Å². The van der Waals surface area contributed by atoms with Crippen molar-refractivity contribution in [1.82, 2.24) is 20.4 Å². The van der Waals surface area contributed by atoms with E-state index in [0.717, 1.165) is 13.1 Å². The Morgan fingerprint density at radius 2 is 2.47 bits per heavy atom. The maximum Gasteiger partial charge on any atom is 0.224 e. The van der Waals surface area contributed by atoms with Crippen LogP contribution in [-0.2, 0) is 11.3 Å². The SMILES string of the molecule is CC(Cn1cccn1)NC(=O)[C@@H]1CNC[C@H]1C. The third-order valence-electron chi connectivity index (χ3n) is 3.26. The van der Waals surface area contributed by atoms with Crippen LogP contribution < -0.4 is 10.6 Å². The lowest BCUT2D eigenvalue weighted by Gasteiger charge is -2.19. The second-order valence-corrected chi connectivity index (χ2v) is 4.88. The van der Waals surface area contributed by atoms with Gasteiger partial charge in [0, 0.05) is 25.0 Å². The molecule has 1 amide bonds. The monoisotopic (exact) mass is 236 g/mol. The Morgan fingerprint density at radius 3 is 3.06 bits per heavy atom. The van der Waals surface area contributed by atoms with Gasteiger partial charge in [0.1, 0.15) is 0 Å². The minimum Gasteiger partial charge on any atom is -0.351 e. The van der Waals surface area contributed by atoms with Gasteiger partial charge >= 0.3 is 0 Å². The summed E-state index contributed by atoms with van der Waals surface area (Å²) in [7, 11) is 0. The highest BCUT2D eigenvalue weighted by atomic mass is 16.2. The van der Waals surface area contributed by atoms with E-state index in [1.165, 1.54) is 0 Å². The molecule has 2 heterocycles. The van der Waals surface area contributed by atoms with E-state index in [-0.39, 0.29) is 17.9 Å². The van der Waals surface area contributed by atoms with Crippen LogP contribution in [0.4, 0.5) is 0 Å². The number of hydrogen-bond acceptors (Lipinski definition) is 3. The Kier molecular flexibility index (Phi) is 3.78. The molecule has 1 aromatic rings. The van der Waals surface area contributed by atoms with Gasteiger partial charge in [0.05, 0.1) is 12.5 Å². The van der Waals surface area contributed by atoms with E-state index in [2.05, 4.69) is 22.7 Å². The van der Waals surface area contributed by atoms with Crippen LogP contribution in [0.15, 0.2) is 18.5 Å². The van der Waals surface area contributed by atoms with Crippen LogP contribution in [0.1, 0.15) is 13.8 Å². The van der Waals surface area contributed by atoms with E-state index in [4.69, 9.17) is 0 Å².